The Morgan fingerprint density at radius 1 is 1.36 bits per heavy atom. The second-order valence-corrected chi connectivity index (χ2v) is 8.67. The van der Waals surface area contributed by atoms with Gasteiger partial charge in [-0.2, -0.15) is 5.10 Å². The van der Waals surface area contributed by atoms with Crippen LogP contribution >= 0.6 is 11.6 Å². The minimum absolute atomic E-state index is 0.0542. The number of hydrogen-bond acceptors (Lipinski definition) is 3. The molecule has 0 saturated carbocycles. The number of aromatic nitrogens is 3. The van der Waals surface area contributed by atoms with Crippen molar-refractivity contribution in [3.63, 3.8) is 0 Å². The fourth-order valence-corrected chi connectivity index (χ4v) is 2.83. The van der Waals surface area contributed by atoms with Crippen molar-refractivity contribution in [2.75, 3.05) is 0 Å². The third-order valence-corrected chi connectivity index (χ3v) is 5.06. The summed E-state index contributed by atoms with van der Waals surface area (Å²) in [5.41, 5.74) is 1.96. The van der Waals surface area contributed by atoms with Crippen LogP contribution in [-0.2, 0) is 11.0 Å². The van der Waals surface area contributed by atoms with Gasteiger partial charge in [0.05, 0.1) is 33.1 Å². The number of aryl methyl sites for hydroxylation is 1. The van der Waals surface area contributed by atoms with Crippen LogP contribution < -0.4 is 4.72 Å². The monoisotopic (exact) mass is 340 g/mol. The molecule has 0 spiro atoms. The Hall–Kier alpha value is -1.24. The highest BCUT2D eigenvalue weighted by Crippen LogP contribution is 2.20. The van der Waals surface area contributed by atoms with Crippen LogP contribution in [0.25, 0.3) is 5.82 Å². The second-order valence-electron chi connectivity index (χ2n) is 6.23. The number of nitrogens with one attached hydrogen (secondary N) is 1. The highest BCUT2D eigenvalue weighted by molar-refractivity contribution is 7.84. The van der Waals surface area contributed by atoms with Crippen molar-refractivity contribution in [3.05, 3.63) is 40.8 Å². The van der Waals surface area contributed by atoms with Crippen LogP contribution in [0.5, 0.6) is 0 Å². The predicted octanol–water partition coefficient (Wildman–Crippen LogP) is 3.34. The first kappa shape index (κ1) is 17.1. The first-order chi connectivity index (χ1) is 10.2. The molecule has 22 heavy (non-hydrogen) atoms. The number of nitrogens with zero attached hydrogens (tertiary/aromatic N) is 3. The van der Waals surface area contributed by atoms with Gasteiger partial charge in [-0.3, -0.25) is 0 Å². The molecule has 0 amide bonds. The number of hydrogen-bond donors (Lipinski definition) is 1. The third kappa shape index (κ3) is 3.94. The van der Waals surface area contributed by atoms with E-state index in [4.69, 9.17) is 11.6 Å². The van der Waals surface area contributed by atoms with Crippen LogP contribution in [0, 0.1) is 6.92 Å². The number of pyridine rings is 1. The predicted molar refractivity (Wildman–Crippen MR) is 90.6 cm³/mol. The van der Waals surface area contributed by atoms with Crippen molar-refractivity contribution in [2.45, 2.75) is 45.4 Å². The van der Waals surface area contributed by atoms with Crippen LogP contribution in [0.1, 0.15) is 44.9 Å². The summed E-state index contributed by atoms with van der Waals surface area (Å²) >= 11 is 5.89. The van der Waals surface area contributed by atoms with Gasteiger partial charge in [0, 0.05) is 12.2 Å². The van der Waals surface area contributed by atoms with Crippen molar-refractivity contribution in [1.29, 1.82) is 0 Å². The van der Waals surface area contributed by atoms with Crippen LogP contribution in [0.4, 0.5) is 0 Å². The molecule has 2 aromatic heterocycles. The average Bonchev–Trinajstić information content (AvgIpc) is 2.83. The van der Waals surface area contributed by atoms with E-state index >= 15 is 0 Å². The maximum Gasteiger partial charge on any atom is 0.156 e. The van der Waals surface area contributed by atoms with Crippen LogP contribution in [0.2, 0.25) is 5.02 Å². The fourth-order valence-electron chi connectivity index (χ4n) is 1.89. The summed E-state index contributed by atoms with van der Waals surface area (Å²) in [5.74, 6) is 0.736. The van der Waals surface area contributed by atoms with Gasteiger partial charge in [0.1, 0.15) is 0 Å². The van der Waals surface area contributed by atoms with E-state index in [1.165, 1.54) is 0 Å². The van der Waals surface area contributed by atoms with Gasteiger partial charge in [-0.25, -0.2) is 18.6 Å². The summed E-state index contributed by atoms with van der Waals surface area (Å²) in [4.78, 5) is 4.46. The van der Waals surface area contributed by atoms with Gasteiger partial charge in [-0.15, -0.1) is 0 Å². The van der Waals surface area contributed by atoms with Crippen molar-refractivity contribution in [3.8, 4) is 5.82 Å². The van der Waals surface area contributed by atoms with Crippen molar-refractivity contribution >= 4 is 22.6 Å². The standard InChI is InChI=1S/C15H21ClN4OS/c1-10-6-12(11(2)19-22(21)15(3,4)5)7-17-14(10)20-9-13(16)8-18-20/h6-9,11,19H,1-5H3/t11?,22-/m1/s1. The van der Waals surface area contributed by atoms with E-state index in [1.54, 1.807) is 23.3 Å². The molecule has 0 aromatic carbocycles. The van der Waals surface area contributed by atoms with Gasteiger partial charge in [-0.05, 0) is 51.8 Å². The molecule has 2 aromatic rings. The third-order valence-electron chi connectivity index (χ3n) is 3.18. The molecular weight excluding hydrogens is 320 g/mol. The second kappa shape index (κ2) is 6.48. The van der Waals surface area contributed by atoms with E-state index < -0.39 is 11.0 Å². The van der Waals surface area contributed by atoms with Gasteiger partial charge < -0.3 is 0 Å². The Balaban J connectivity index is 2.20. The van der Waals surface area contributed by atoms with E-state index in [-0.39, 0.29) is 10.8 Å². The molecule has 2 rings (SSSR count). The molecule has 5 nitrogen and oxygen atoms in total. The van der Waals surface area contributed by atoms with Crippen LogP contribution in [0.3, 0.4) is 0 Å². The van der Waals surface area contributed by atoms with Gasteiger partial charge in [0.2, 0.25) is 0 Å². The highest BCUT2D eigenvalue weighted by atomic mass is 35.5. The molecular formula is C15H21ClN4OS. The van der Waals surface area contributed by atoms with Crippen LogP contribution in [-0.4, -0.2) is 23.7 Å². The minimum Gasteiger partial charge on any atom is -0.242 e. The summed E-state index contributed by atoms with van der Waals surface area (Å²) in [6.07, 6.45) is 5.07. The normalized spacial score (nSPS) is 14.8. The summed E-state index contributed by atoms with van der Waals surface area (Å²) in [5, 5.41) is 4.73. The molecule has 0 aliphatic rings. The average molecular weight is 341 g/mol. The van der Waals surface area contributed by atoms with Gasteiger partial charge in [0.25, 0.3) is 0 Å². The van der Waals surface area contributed by atoms with Gasteiger partial charge >= 0.3 is 0 Å². The van der Waals surface area contributed by atoms with E-state index in [9.17, 15) is 4.21 Å². The largest absolute Gasteiger partial charge is 0.242 e. The topological polar surface area (TPSA) is 59.8 Å². The number of rotatable bonds is 4. The molecule has 0 fully saturated rings. The van der Waals surface area contributed by atoms with Gasteiger partial charge in [0.15, 0.2) is 5.82 Å². The maximum atomic E-state index is 12.2. The molecule has 0 saturated heterocycles. The highest BCUT2D eigenvalue weighted by Gasteiger charge is 2.22. The van der Waals surface area contributed by atoms with Crippen molar-refractivity contribution in [1.82, 2.24) is 19.5 Å². The quantitative estimate of drug-likeness (QED) is 0.928. The lowest BCUT2D eigenvalue weighted by Gasteiger charge is -2.22. The maximum absolute atomic E-state index is 12.2. The first-order valence-electron chi connectivity index (χ1n) is 7.03. The summed E-state index contributed by atoms with van der Waals surface area (Å²) < 4.78 is 16.6. The Morgan fingerprint density at radius 2 is 2.05 bits per heavy atom. The minimum atomic E-state index is -1.13. The molecule has 1 unspecified atom stereocenters. The van der Waals surface area contributed by atoms with Gasteiger partial charge in [-0.1, -0.05) is 11.6 Å². The lowest BCUT2D eigenvalue weighted by Crippen LogP contribution is -2.34. The summed E-state index contributed by atoms with van der Waals surface area (Å²) in [6, 6.07) is 1.97. The molecule has 2 heterocycles. The molecule has 0 aliphatic heterocycles. The Morgan fingerprint density at radius 3 is 2.55 bits per heavy atom. The van der Waals surface area contributed by atoms with E-state index in [2.05, 4.69) is 14.8 Å². The van der Waals surface area contributed by atoms with E-state index in [0.29, 0.717) is 5.02 Å². The Bertz CT molecular complexity index is 693. The smallest absolute Gasteiger partial charge is 0.156 e. The molecule has 1 N–H and O–H groups in total. The zero-order valence-electron chi connectivity index (χ0n) is 13.4. The fraction of sp³-hybridized carbons (Fsp3) is 0.467. The van der Waals surface area contributed by atoms with E-state index in [0.717, 1.165) is 16.9 Å². The first-order valence-corrected chi connectivity index (χ1v) is 8.56. The van der Waals surface area contributed by atoms with Crippen molar-refractivity contribution in [2.24, 2.45) is 0 Å². The molecule has 120 valence electrons. The molecule has 0 aliphatic carbocycles. The lowest BCUT2D eigenvalue weighted by molar-refractivity contribution is 0.615. The molecule has 0 bridgehead atoms. The SMILES string of the molecule is Cc1cc(C(C)N[S@](=O)C(C)(C)C)cnc1-n1cc(Cl)cn1. The Labute approximate surface area is 138 Å². The summed E-state index contributed by atoms with van der Waals surface area (Å²) in [6.45, 7) is 9.77. The van der Waals surface area contributed by atoms with Crippen LogP contribution in [0.15, 0.2) is 24.7 Å². The van der Waals surface area contributed by atoms with E-state index in [1.807, 2.05) is 40.7 Å². The molecule has 2 atom stereocenters. The summed E-state index contributed by atoms with van der Waals surface area (Å²) in [7, 11) is -1.13. The zero-order chi connectivity index (χ0) is 16.5. The molecule has 7 heteroatoms. The Kier molecular flexibility index (Phi) is 5.04. The number of halogens is 1. The zero-order valence-corrected chi connectivity index (χ0v) is 15.0. The van der Waals surface area contributed by atoms with Crippen molar-refractivity contribution < 1.29 is 4.21 Å². The lowest BCUT2D eigenvalue weighted by atomic mass is 10.1. The molecule has 0 radical (unpaired) electrons.